The standard InChI is InChI=1S/C12H15F/c1-9-2-3-11(8-9)10-4-6-12(13)7-5-10/h4-7,9,11H,2-3,8H2,1H3. The average molecular weight is 178 g/mol. The summed E-state index contributed by atoms with van der Waals surface area (Å²) in [6.07, 6.45) is 3.86. The van der Waals surface area contributed by atoms with Gasteiger partial charge in [-0.3, -0.25) is 0 Å². The second-order valence-electron chi connectivity index (χ2n) is 4.17. The Morgan fingerprint density at radius 1 is 1.15 bits per heavy atom. The summed E-state index contributed by atoms with van der Waals surface area (Å²) in [5, 5.41) is 0. The number of hydrogen-bond acceptors (Lipinski definition) is 0. The second-order valence-corrected chi connectivity index (χ2v) is 4.17. The highest BCUT2D eigenvalue weighted by Crippen LogP contribution is 2.37. The number of benzene rings is 1. The summed E-state index contributed by atoms with van der Waals surface area (Å²) in [7, 11) is 0. The number of halogens is 1. The Morgan fingerprint density at radius 2 is 1.85 bits per heavy atom. The molecule has 1 fully saturated rings. The third kappa shape index (κ3) is 1.90. The maximum Gasteiger partial charge on any atom is 0.123 e. The molecule has 0 heterocycles. The van der Waals surface area contributed by atoms with E-state index in [9.17, 15) is 4.39 Å². The predicted molar refractivity (Wildman–Crippen MR) is 52.2 cm³/mol. The molecular formula is C12H15F. The lowest BCUT2D eigenvalue weighted by Crippen LogP contribution is -1.93. The fourth-order valence-corrected chi connectivity index (χ4v) is 2.24. The second kappa shape index (κ2) is 3.49. The van der Waals surface area contributed by atoms with Gasteiger partial charge in [-0.1, -0.05) is 25.5 Å². The first-order valence-electron chi connectivity index (χ1n) is 5.01. The third-order valence-electron chi connectivity index (χ3n) is 3.04. The Balaban J connectivity index is 2.13. The van der Waals surface area contributed by atoms with Crippen molar-refractivity contribution in [1.82, 2.24) is 0 Å². The van der Waals surface area contributed by atoms with Gasteiger partial charge in [0.2, 0.25) is 0 Å². The van der Waals surface area contributed by atoms with Gasteiger partial charge < -0.3 is 0 Å². The van der Waals surface area contributed by atoms with E-state index < -0.39 is 0 Å². The smallest absolute Gasteiger partial charge is 0.123 e. The van der Waals surface area contributed by atoms with Gasteiger partial charge in [-0.25, -0.2) is 4.39 Å². The average Bonchev–Trinajstić information content (AvgIpc) is 2.53. The molecule has 1 saturated carbocycles. The molecule has 0 nitrogen and oxygen atoms in total. The van der Waals surface area contributed by atoms with Gasteiger partial charge in [0.05, 0.1) is 0 Å². The van der Waals surface area contributed by atoms with Gasteiger partial charge in [-0.15, -0.1) is 0 Å². The minimum atomic E-state index is -0.130. The van der Waals surface area contributed by atoms with E-state index in [0.717, 1.165) is 5.92 Å². The van der Waals surface area contributed by atoms with E-state index in [4.69, 9.17) is 0 Å². The van der Waals surface area contributed by atoms with Gasteiger partial charge in [0.25, 0.3) is 0 Å². The van der Waals surface area contributed by atoms with Crippen LogP contribution in [0.25, 0.3) is 0 Å². The van der Waals surface area contributed by atoms with Crippen LogP contribution in [0, 0.1) is 11.7 Å². The molecule has 0 aliphatic heterocycles. The zero-order chi connectivity index (χ0) is 9.26. The van der Waals surface area contributed by atoms with Crippen molar-refractivity contribution in [3.8, 4) is 0 Å². The van der Waals surface area contributed by atoms with Crippen LogP contribution in [0.5, 0.6) is 0 Å². The maximum absolute atomic E-state index is 12.7. The van der Waals surface area contributed by atoms with Crippen LogP contribution in [-0.4, -0.2) is 0 Å². The van der Waals surface area contributed by atoms with E-state index in [0.29, 0.717) is 5.92 Å². The van der Waals surface area contributed by atoms with E-state index in [1.54, 1.807) is 12.1 Å². The van der Waals surface area contributed by atoms with Gasteiger partial charge in [0, 0.05) is 0 Å². The summed E-state index contributed by atoms with van der Waals surface area (Å²) in [4.78, 5) is 0. The molecule has 0 N–H and O–H groups in total. The molecular weight excluding hydrogens is 163 g/mol. The molecule has 0 aromatic heterocycles. The first-order chi connectivity index (χ1) is 6.25. The summed E-state index contributed by atoms with van der Waals surface area (Å²) in [6.45, 7) is 2.30. The lowest BCUT2D eigenvalue weighted by molar-refractivity contribution is 0.594. The van der Waals surface area contributed by atoms with Gasteiger partial charge in [0.15, 0.2) is 0 Å². The minimum absolute atomic E-state index is 0.130. The van der Waals surface area contributed by atoms with Crippen LogP contribution >= 0.6 is 0 Å². The Labute approximate surface area is 78.8 Å². The highest BCUT2D eigenvalue weighted by molar-refractivity contribution is 5.21. The molecule has 1 aliphatic rings. The Bertz CT molecular complexity index is 276. The quantitative estimate of drug-likeness (QED) is 0.614. The molecule has 1 aromatic rings. The molecule has 13 heavy (non-hydrogen) atoms. The zero-order valence-corrected chi connectivity index (χ0v) is 7.96. The van der Waals surface area contributed by atoms with Crippen molar-refractivity contribution in [2.75, 3.05) is 0 Å². The summed E-state index contributed by atoms with van der Waals surface area (Å²) in [6, 6.07) is 6.99. The van der Waals surface area contributed by atoms with E-state index in [1.165, 1.54) is 24.8 Å². The number of rotatable bonds is 1. The Kier molecular flexibility index (Phi) is 2.34. The van der Waals surface area contributed by atoms with Crippen LogP contribution in [0.2, 0.25) is 0 Å². The van der Waals surface area contributed by atoms with Crippen LogP contribution in [0.4, 0.5) is 4.39 Å². The van der Waals surface area contributed by atoms with Crippen molar-refractivity contribution in [3.05, 3.63) is 35.6 Å². The maximum atomic E-state index is 12.7. The van der Waals surface area contributed by atoms with Gasteiger partial charge >= 0.3 is 0 Å². The molecule has 1 aromatic carbocycles. The normalized spacial score (nSPS) is 27.8. The molecule has 0 amide bonds. The fourth-order valence-electron chi connectivity index (χ4n) is 2.24. The monoisotopic (exact) mass is 178 g/mol. The summed E-state index contributed by atoms with van der Waals surface area (Å²) < 4.78 is 12.7. The van der Waals surface area contributed by atoms with Crippen LogP contribution in [0.1, 0.15) is 37.7 Å². The fraction of sp³-hybridized carbons (Fsp3) is 0.500. The largest absolute Gasteiger partial charge is 0.207 e. The van der Waals surface area contributed by atoms with E-state index >= 15 is 0 Å². The molecule has 1 aliphatic carbocycles. The molecule has 0 radical (unpaired) electrons. The van der Waals surface area contributed by atoms with Crippen molar-refractivity contribution in [1.29, 1.82) is 0 Å². The van der Waals surface area contributed by atoms with Crippen molar-refractivity contribution in [2.24, 2.45) is 5.92 Å². The summed E-state index contributed by atoms with van der Waals surface area (Å²) >= 11 is 0. The van der Waals surface area contributed by atoms with Gasteiger partial charge in [-0.05, 0) is 42.4 Å². The Hall–Kier alpha value is -0.850. The summed E-state index contributed by atoms with van der Waals surface area (Å²) in [5.74, 6) is 1.39. The molecule has 70 valence electrons. The molecule has 2 atom stereocenters. The predicted octanol–water partition coefficient (Wildman–Crippen LogP) is 3.73. The molecule has 0 spiro atoms. The van der Waals surface area contributed by atoms with Crippen molar-refractivity contribution < 1.29 is 4.39 Å². The molecule has 2 unspecified atom stereocenters. The molecule has 0 bridgehead atoms. The first-order valence-corrected chi connectivity index (χ1v) is 5.01. The zero-order valence-electron chi connectivity index (χ0n) is 7.96. The van der Waals surface area contributed by atoms with Crippen LogP contribution in [0.3, 0.4) is 0 Å². The lowest BCUT2D eigenvalue weighted by atomic mass is 9.97. The van der Waals surface area contributed by atoms with Crippen molar-refractivity contribution >= 4 is 0 Å². The number of hydrogen-bond donors (Lipinski definition) is 0. The van der Waals surface area contributed by atoms with Crippen molar-refractivity contribution in [2.45, 2.75) is 32.1 Å². The van der Waals surface area contributed by atoms with E-state index in [-0.39, 0.29) is 5.82 Å². The first kappa shape index (κ1) is 8.74. The minimum Gasteiger partial charge on any atom is -0.207 e. The summed E-state index contributed by atoms with van der Waals surface area (Å²) in [5.41, 5.74) is 1.31. The third-order valence-corrected chi connectivity index (χ3v) is 3.04. The van der Waals surface area contributed by atoms with Gasteiger partial charge in [-0.2, -0.15) is 0 Å². The highest BCUT2D eigenvalue weighted by atomic mass is 19.1. The SMILES string of the molecule is CC1CCC(c2ccc(F)cc2)C1. The van der Waals surface area contributed by atoms with Crippen molar-refractivity contribution in [3.63, 3.8) is 0 Å². The van der Waals surface area contributed by atoms with Crippen LogP contribution < -0.4 is 0 Å². The van der Waals surface area contributed by atoms with Crippen LogP contribution in [0.15, 0.2) is 24.3 Å². The van der Waals surface area contributed by atoms with Crippen LogP contribution in [-0.2, 0) is 0 Å². The lowest BCUT2D eigenvalue weighted by Gasteiger charge is -2.09. The Morgan fingerprint density at radius 3 is 2.38 bits per heavy atom. The van der Waals surface area contributed by atoms with E-state index in [2.05, 4.69) is 6.92 Å². The molecule has 1 heteroatoms. The van der Waals surface area contributed by atoms with E-state index in [1.807, 2.05) is 12.1 Å². The molecule has 0 saturated heterocycles. The topological polar surface area (TPSA) is 0 Å². The van der Waals surface area contributed by atoms with Gasteiger partial charge in [0.1, 0.15) is 5.82 Å². The molecule has 2 rings (SSSR count). The highest BCUT2D eigenvalue weighted by Gasteiger charge is 2.22.